The number of ether oxygens (including phenoxy) is 1. The van der Waals surface area contributed by atoms with Crippen LogP contribution in [0.4, 0.5) is 0 Å². The first kappa shape index (κ1) is 13.3. The van der Waals surface area contributed by atoms with Gasteiger partial charge in [0.25, 0.3) is 0 Å². The molecule has 0 saturated carbocycles. The van der Waals surface area contributed by atoms with Gasteiger partial charge in [0.05, 0.1) is 12.7 Å². The van der Waals surface area contributed by atoms with Crippen LogP contribution in [0.3, 0.4) is 0 Å². The van der Waals surface area contributed by atoms with E-state index in [1.807, 2.05) is 0 Å². The lowest BCUT2D eigenvalue weighted by atomic mass is 9.96. The Kier molecular flexibility index (Phi) is 5.26. The van der Waals surface area contributed by atoms with Gasteiger partial charge >= 0.3 is 0 Å². The Morgan fingerprint density at radius 3 is 2.76 bits per heavy atom. The molecule has 0 bridgehead atoms. The van der Waals surface area contributed by atoms with Crippen LogP contribution in [0.2, 0.25) is 0 Å². The first-order valence-electron chi connectivity index (χ1n) is 7.44. The summed E-state index contributed by atoms with van der Waals surface area (Å²) in [7, 11) is 0. The molecule has 0 aromatic carbocycles. The van der Waals surface area contributed by atoms with Gasteiger partial charge in [-0.1, -0.05) is 26.7 Å². The maximum atomic E-state index is 5.91. The number of nitrogens with one attached hydrogen (secondary N) is 1. The SMILES string of the molecule is CCCC(CCC)N1CC[C@@H]2NCCO[C@H]2C1. The summed E-state index contributed by atoms with van der Waals surface area (Å²) in [5, 5.41) is 3.59. The van der Waals surface area contributed by atoms with Gasteiger partial charge in [0.2, 0.25) is 0 Å². The summed E-state index contributed by atoms with van der Waals surface area (Å²) in [4.78, 5) is 2.68. The number of piperidine rings is 1. The van der Waals surface area contributed by atoms with Gasteiger partial charge in [-0.15, -0.1) is 0 Å². The fourth-order valence-corrected chi connectivity index (χ4v) is 3.31. The van der Waals surface area contributed by atoms with Crippen molar-refractivity contribution in [3.8, 4) is 0 Å². The largest absolute Gasteiger partial charge is 0.374 e. The summed E-state index contributed by atoms with van der Waals surface area (Å²) in [6.07, 6.45) is 6.99. The normalized spacial score (nSPS) is 30.5. The summed E-state index contributed by atoms with van der Waals surface area (Å²) < 4.78 is 5.91. The summed E-state index contributed by atoms with van der Waals surface area (Å²) in [5.74, 6) is 0. The van der Waals surface area contributed by atoms with E-state index in [9.17, 15) is 0 Å². The Morgan fingerprint density at radius 2 is 2.06 bits per heavy atom. The Hall–Kier alpha value is -0.120. The summed E-state index contributed by atoms with van der Waals surface area (Å²) in [5.41, 5.74) is 0. The zero-order chi connectivity index (χ0) is 12.1. The van der Waals surface area contributed by atoms with E-state index >= 15 is 0 Å². The quantitative estimate of drug-likeness (QED) is 0.795. The van der Waals surface area contributed by atoms with Gasteiger partial charge in [-0.3, -0.25) is 4.90 Å². The molecule has 2 atom stereocenters. The summed E-state index contributed by atoms with van der Waals surface area (Å²) in [6, 6.07) is 1.40. The number of fused-ring (bicyclic) bond motifs is 1. The van der Waals surface area contributed by atoms with Crippen molar-refractivity contribution in [1.29, 1.82) is 0 Å². The third-order valence-electron chi connectivity index (χ3n) is 4.19. The molecule has 0 amide bonds. The Bertz CT molecular complexity index is 216. The van der Waals surface area contributed by atoms with E-state index in [4.69, 9.17) is 4.74 Å². The number of hydrogen-bond donors (Lipinski definition) is 1. The van der Waals surface area contributed by atoms with Gasteiger partial charge in [-0.25, -0.2) is 0 Å². The molecule has 100 valence electrons. The Morgan fingerprint density at radius 1 is 1.29 bits per heavy atom. The van der Waals surface area contributed by atoms with Crippen LogP contribution in [-0.2, 0) is 4.74 Å². The van der Waals surface area contributed by atoms with Crippen molar-refractivity contribution in [3.63, 3.8) is 0 Å². The molecule has 3 nitrogen and oxygen atoms in total. The average Bonchev–Trinajstić information content (AvgIpc) is 2.38. The van der Waals surface area contributed by atoms with E-state index in [1.54, 1.807) is 0 Å². The second-order valence-corrected chi connectivity index (χ2v) is 5.48. The van der Waals surface area contributed by atoms with E-state index in [2.05, 4.69) is 24.1 Å². The van der Waals surface area contributed by atoms with Crippen molar-refractivity contribution in [3.05, 3.63) is 0 Å². The van der Waals surface area contributed by atoms with Crippen LogP contribution >= 0.6 is 0 Å². The summed E-state index contributed by atoms with van der Waals surface area (Å²) >= 11 is 0. The zero-order valence-corrected chi connectivity index (χ0v) is 11.5. The molecular weight excluding hydrogens is 212 g/mol. The second kappa shape index (κ2) is 6.72. The first-order valence-corrected chi connectivity index (χ1v) is 7.44. The molecule has 1 N–H and O–H groups in total. The number of likely N-dealkylation sites (tertiary alicyclic amines) is 1. The van der Waals surface area contributed by atoms with Gasteiger partial charge in [-0.2, -0.15) is 0 Å². The van der Waals surface area contributed by atoms with Crippen molar-refractivity contribution in [2.75, 3.05) is 26.2 Å². The van der Waals surface area contributed by atoms with E-state index in [-0.39, 0.29) is 0 Å². The predicted molar refractivity (Wildman–Crippen MR) is 71.3 cm³/mol. The molecule has 0 unspecified atom stereocenters. The smallest absolute Gasteiger partial charge is 0.0855 e. The molecule has 3 heteroatoms. The molecule has 0 aromatic heterocycles. The predicted octanol–water partition coefficient (Wildman–Crippen LogP) is 2.02. The van der Waals surface area contributed by atoms with Gasteiger partial charge in [0.1, 0.15) is 0 Å². The van der Waals surface area contributed by atoms with E-state index in [0.29, 0.717) is 12.1 Å². The fraction of sp³-hybridized carbons (Fsp3) is 1.00. The maximum Gasteiger partial charge on any atom is 0.0855 e. The number of morpholine rings is 1. The van der Waals surface area contributed by atoms with Crippen molar-refractivity contribution in [2.24, 2.45) is 0 Å². The number of hydrogen-bond acceptors (Lipinski definition) is 3. The van der Waals surface area contributed by atoms with Crippen molar-refractivity contribution in [2.45, 2.75) is 64.1 Å². The van der Waals surface area contributed by atoms with Crippen LogP contribution in [0.1, 0.15) is 46.0 Å². The molecule has 17 heavy (non-hydrogen) atoms. The van der Waals surface area contributed by atoms with Gasteiger partial charge in [0, 0.05) is 31.7 Å². The van der Waals surface area contributed by atoms with E-state index in [0.717, 1.165) is 25.7 Å². The van der Waals surface area contributed by atoms with Crippen LogP contribution in [0, 0.1) is 0 Å². The van der Waals surface area contributed by atoms with Crippen LogP contribution in [0.25, 0.3) is 0 Å². The molecule has 0 aromatic rings. The average molecular weight is 240 g/mol. The monoisotopic (exact) mass is 240 g/mol. The minimum atomic E-state index is 0.439. The molecule has 0 aliphatic carbocycles. The number of rotatable bonds is 5. The molecule has 2 rings (SSSR count). The van der Waals surface area contributed by atoms with Crippen molar-refractivity contribution in [1.82, 2.24) is 10.2 Å². The highest BCUT2D eigenvalue weighted by molar-refractivity contribution is 4.90. The van der Waals surface area contributed by atoms with E-state index < -0.39 is 0 Å². The van der Waals surface area contributed by atoms with Crippen LogP contribution in [0.15, 0.2) is 0 Å². The molecular formula is C14H28N2O. The summed E-state index contributed by atoms with van der Waals surface area (Å²) in [6.45, 7) is 8.92. The molecule has 2 aliphatic rings. The van der Waals surface area contributed by atoms with Gasteiger partial charge in [-0.05, 0) is 19.3 Å². The standard InChI is InChI=1S/C14H28N2O/c1-3-5-12(6-4-2)16-9-7-13-14(11-16)17-10-8-15-13/h12-15H,3-11H2,1-2H3/t13-,14-/m0/s1. The van der Waals surface area contributed by atoms with E-state index in [1.165, 1.54) is 38.6 Å². The lowest BCUT2D eigenvalue weighted by Gasteiger charge is -2.44. The number of nitrogens with zero attached hydrogens (tertiary/aromatic N) is 1. The first-order chi connectivity index (χ1) is 8.35. The third kappa shape index (κ3) is 3.43. The maximum absolute atomic E-state index is 5.91. The van der Waals surface area contributed by atoms with Gasteiger partial charge in [0.15, 0.2) is 0 Å². The topological polar surface area (TPSA) is 24.5 Å². The minimum absolute atomic E-state index is 0.439. The second-order valence-electron chi connectivity index (χ2n) is 5.48. The Balaban J connectivity index is 1.88. The zero-order valence-electron chi connectivity index (χ0n) is 11.5. The molecule has 2 heterocycles. The van der Waals surface area contributed by atoms with Crippen LogP contribution in [-0.4, -0.2) is 49.3 Å². The highest BCUT2D eigenvalue weighted by Crippen LogP contribution is 2.22. The highest BCUT2D eigenvalue weighted by Gasteiger charge is 2.33. The highest BCUT2D eigenvalue weighted by atomic mass is 16.5. The molecule has 2 fully saturated rings. The molecule has 2 saturated heterocycles. The van der Waals surface area contributed by atoms with Crippen LogP contribution < -0.4 is 5.32 Å². The van der Waals surface area contributed by atoms with Gasteiger partial charge < -0.3 is 10.1 Å². The Labute approximate surface area is 106 Å². The molecule has 0 spiro atoms. The minimum Gasteiger partial charge on any atom is -0.374 e. The molecule has 0 radical (unpaired) electrons. The molecule has 2 aliphatic heterocycles. The van der Waals surface area contributed by atoms with Crippen molar-refractivity contribution >= 4 is 0 Å². The van der Waals surface area contributed by atoms with Crippen LogP contribution in [0.5, 0.6) is 0 Å². The van der Waals surface area contributed by atoms with Crippen molar-refractivity contribution < 1.29 is 4.74 Å². The fourth-order valence-electron chi connectivity index (χ4n) is 3.31. The third-order valence-corrected chi connectivity index (χ3v) is 4.19. The lowest BCUT2D eigenvalue weighted by molar-refractivity contribution is -0.0578. The lowest BCUT2D eigenvalue weighted by Crippen LogP contribution is -2.59.